The van der Waals surface area contributed by atoms with Crippen LogP contribution in [0, 0.1) is 0 Å². The van der Waals surface area contributed by atoms with Crippen molar-refractivity contribution in [2.45, 2.75) is 0 Å². The number of nitrogens with one attached hydrogen (secondary N) is 2. The van der Waals surface area contributed by atoms with Crippen molar-refractivity contribution in [3.8, 4) is 34.0 Å². The predicted molar refractivity (Wildman–Crippen MR) is 75.6 cm³/mol. The van der Waals surface area contributed by atoms with Gasteiger partial charge in [0.15, 0.2) is 0 Å². The van der Waals surface area contributed by atoms with Crippen LogP contribution in [0.25, 0.3) is 22.4 Å². The number of phenols is 1. The first kappa shape index (κ1) is 12.1. The minimum atomic E-state index is -0.451. The fourth-order valence-corrected chi connectivity index (χ4v) is 2.09. The number of hydrogen-bond acceptors (Lipinski definition) is 3. The van der Waals surface area contributed by atoms with Crippen LogP contribution >= 0.6 is 0 Å². The van der Waals surface area contributed by atoms with Crippen LogP contribution in [0.15, 0.2) is 53.3 Å². The summed E-state index contributed by atoms with van der Waals surface area (Å²) < 4.78 is 0. The number of rotatable bonds is 2. The molecule has 0 amide bonds. The van der Waals surface area contributed by atoms with Crippen LogP contribution in [0.1, 0.15) is 0 Å². The van der Waals surface area contributed by atoms with Crippen LogP contribution in [0.4, 0.5) is 0 Å². The van der Waals surface area contributed by atoms with E-state index in [0.717, 1.165) is 11.1 Å². The van der Waals surface area contributed by atoms with Gasteiger partial charge in [0.2, 0.25) is 5.88 Å². The molecule has 3 aromatic rings. The van der Waals surface area contributed by atoms with E-state index in [2.05, 4.69) is 9.97 Å². The molecule has 0 aliphatic heterocycles. The molecule has 0 radical (unpaired) electrons. The Morgan fingerprint density at radius 3 is 2.15 bits per heavy atom. The van der Waals surface area contributed by atoms with Gasteiger partial charge in [-0.05, 0) is 29.3 Å². The van der Waals surface area contributed by atoms with Crippen molar-refractivity contribution in [2.75, 3.05) is 0 Å². The topological polar surface area (TPSA) is 89.1 Å². The third-order valence-electron chi connectivity index (χ3n) is 3.06. The highest BCUT2D eigenvalue weighted by Gasteiger charge is 2.09. The van der Waals surface area contributed by atoms with Crippen molar-refractivity contribution in [1.29, 1.82) is 0 Å². The van der Waals surface area contributed by atoms with Gasteiger partial charge in [-0.1, -0.05) is 30.3 Å². The van der Waals surface area contributed by atoms with Crippen LogP contribution in [0.5, 0.6) is 11.6 Å². The minimum Gasteiger partial charge on any atom is -0.508 e. The highest BCUT2D eigenvalue weighted by Crippen LogP contribution is 2.29. The standard InChI is InChI=1S/C15H12N2O3/c18-12-6-4-9(5-7-12)10-2-1-3-11(8-10)13-14(19)17-15(20)16-13/h1-8,18-19H,(H2,16,17,20). The SMILES string of the molecule is O=c1[nH]c(O)c(-c2cccc(-c3ccc(O)cc3)c2)[nH]1. The van der Waals surface area contributed by atoms with Crippen molar-refractivity contribution in [3.05, 3.63) is 59.0 Å². The Hall–Kier alpha value is -2.95. The molecule has 0 saturated heterocycles. The van der Waals surface area contributed by atoms with Crippen molar-refractivity contribution in [1.82, 2.24) is 9.97 Å². The fourth-order valence-electron chi connectivity index (χ4n) is 2.09. The van der Waals surface area contributed by atoms with Gasteiger partial charge in [0.05, 0.1) is 0 Å². The van der Waals surface area contributed by atoms with Gasteiger partial charge in [-0.15, -0.1) is 0 Å². The monoisotopic (exact) mass is 268 g/mol. The van der Waals surface area contributed by atoms with E-state index in [4.69, 9.17) is 0 Å². The summed E-state index contributed by atoms with van der Waals surface area (Å²) in [6.07, 6.45) is 0. The average molecular weight is 268 g/mol. The summed E-state index contributed by atoms with van der Waals surface area (Å²) in [5.41, 5.74) is 2.46. The lowest BCUT2D eigenvalue weighted by Gasteiger charge is -2.05. The molecule has 3 rings (SSSR count). The lowest BCUT2D eigenvalue weighted by molar-refractivity contribution is 0.457. The molecule has 0 saturated carbocycles. The zero-order valence-corrected chi connectivity index (χ0v) is 10.4. The Labute approximate surface area is 114 Å². The van der Waals surface area contributed by atoms with E-state index >= 15 is 0 Å². The molecule has 5 heteroatoms. The zero-order valence-electron chi connectivity index (χ0n) is 10.4. The molecule has 1 aromatic heterocycles. The Bertz CT molecular complexity index is 800. The van der Waals surface area contributed by atoms with Crippen LogP contribution < -0.4 is 5.69 Å². The molecule has 4 N–H and O–H groups in total. The lowest BCUT2D eigenvalue weighted by atomic mass is 10.0. The molecule has 20 heavy (non-hydrogen) atoms. The smallest absolute Gasteiger partial charge is 0.326 e. The molecular weight excluding hydrogens is 256 g/mol. The third-order valence-corrected chi connectivity index (χ3v) is 3.06. The quantitative estimate of drug-likeness (QED) is 0.575. The van der Waals surface area contributed by atoms with Crippen LogP contribution in [0.2, 0.25) is 0 Å². The molecule has 2 aromatic carbocycles. The van der Waals surface area contributed by atoms with Crippen molar-refractivity contribution < 1.29 is 10.2 Å². The second kappa shape index (κ2) is 4.62. The highest BCUT2D eigenvalue weighted by molar-refractivity contribution is 5.73. The highest BCUT2D eigenvalue weighted by atomic mass is 16.3. The van der Waals surface area contributed by atoms with Crippen LogP contribution in [-0.2, 0) is 0 Å². The fraction of sp³-hybridized carbons (Fsp3) is 0. The summed E-state index contributed by atoms with van der Waals surface area (Å²) in [5, 5.41) is 19.0. The molecule has 0 atom stereocenters. The van der Waals surface area contributed by atoms with E-state index in [-0.39, 0.29) is 11.6 Å². The Morgan fingerprint density at radius 2 is 1.50 bits per heavy atom. The Morgan fingerprint density at radius 1 is 0.800 bits per heavy atom. The van der Waals surface area contributed by atoms with Crippen molar-refractivity contribution >= 4 is 0 Å². The van der Waals surface area contributed by atoms with E-state index in [1.165, 1.54) is 0 Å². The number of phenolic OH excluding ortho intramolecular Hbond substituents is 1. The molecule has 0 aliphatic rings. The normalized spacial score (nSPS) is 10.6. The zero-order chi connectivity index (χ0) is 14.1. The second-order valence-electron chi connectivity index (χ2n) is 4.43. The van der Waals surface area contributed by atoms with Crippen molar-refractivity contribution in [3.63, 3.8) is 0 Å². The molecule has 5 nitrogen and oxygen atoms in total. The van der Waals surface area contributed by atoms with Crippen molar-refractivity contribution in [2.24, 2.45) is 0 Å². The van der Waals surface area contributed by atoms with Gasteiger partial charge in [0, 0.05) is 5.56 Å². The number of hydrogen-bond donors (Lipinski definition) is 4. The van der Waals surface area contributed by atoms with Gasteiger partial charge in [0.25, 0.3) is 0 Å². The molecule has 0 unspecified atom stereocenters. The third kappa shape index (κ3) is 2.16. The first-order chi connectivity index (χ1) is 9.63. The summed E-state index contributed by atoms with van der Waals surface area (Å²) in [7, 11) is 0. The summed E-state index contributed by atoms with van der Waals surface area (Å²) >= 11 is 0. The van der Waals surface area contributed by atoms with E-state index in [9.17, 15) is 15.0 Å². The van der Waals surface area contributed by atoms with Crippen LogP contribution in [0.3, 0.4) is 0 Å². The Kier molecular flexibility index (Phi) is 2.80. The Balaban J connectivity index is 2.08. The van der Waals surface area contributed by atoms with Gasteiger partial charge in [-0.2, -0.15) is 0 Å². The molecule has 0 spiro atoms. The maximum atomic E-state index is 11.2. The molecule has 100 valence electrons. The molecular formula is C15H12N2O3. The maximum absolute atomic E-state index is 11.2. The number of aromatic nitrogens is 2. The first-order valence-electron chi connectivity index (χ1n) is 6.04. The molecule has 0 aliphatic carbocycles. The van der Waals surface area contributed by atoms with Gasteiger partial charge in [0.1, 0.15) is 11.4 Å². The predicted octanol–water partition coefficient (Wildman–Crippen LogP) is 2.45. The van der Waals surface area contributed by atoms with E-state index < -0.39 is 5.69 Å². The molecule has 0 fully saturated rings. The lowest BCUT2D eigenvalue weighted by Crippen LogP contribution is -2.00. The maximum Gasteiger partial charge on any atom is 0.326 e. The number of H-pyrrole nitrogens is 2. The molecule has 1 heterocycles. The van der Waals surface area contributed by atoms with Gasteiger partial charge < -0.3 is 15.2 Å². The van der Waals surface area contributed by atoms with Crippen LogP contribution in [-0.4, -0.2) is 20.2 Å². The number of aromatic hydroxyl groups is 2. The summed E-state index contributed by atoms with van der Waals surface area (Å²) in [4.78, 5) is 16.0. The second-order valence-corrected chi connectivity index (χ2v) is 4.43. The molecule has 0 bridgehead atoms. The minimum absolute atomic E-state index is 0.183. The summed E-state index contributed by atoms with van der Waals surface area (Å²) in [6, 6.07) is 14.2. The number of aromatic amines is 2. The van der Waals surface area contributed by atoms with E-state index in [1.807, 2.05) is 18.2 Å². The number of imidazole rings is 1. The van der Waals surface area contributed by atoms with Gasteiger partial charge >= 0.3 is 5.69 Å². The number of benzene rings is 2. The van der Waals surface area contributed by atoms with E-state index in [0.29, 0.717) is 11.3 Å². The van der Waals surface area contributed by atoms with E-state index in [1.54, 1.807) is 30.3 Å². The van der Waals surface area contributed by atoms with Gasteiger partial charge in [-0.25, -0.2) is 4.79 Å². The summed E-state index contributed by atoms with van der Waals surface area (Å²) in [6.45, 7) is 0. The average Bonchev–Trinajstić information content (AvgIpc) is 2.79. The first-order valence-corrected chi connectivity index (χ1v) is 6.04. The van der Waals surface area contributed by atoms with Gasteiger partial charge in [-0.3, -0.25) is 4.98 Å². The summed E-state index contributed by atoms with van der Waals surface area (Å²) in [5.74, 6) is 0.0235. The largest absolute Gasteiger partial charge is 0.508 e.